The molecule has 0 radical (unpaired) electrons. The minimum absolute atomic E-state index is 0.238. The van der Waals surface area contributed by atoms with Gasteiger partial charge in [-0.1, -0.05) is 0 Å². The van der Waals surface area contributed by atoms with E-state index < -0.39 is 18.0 Å². The molecule has 2 unspecified atom stereocenters. The number of carboxylic acid groups (broad SMARTS) is 1. The summed E-state index contributed by atoms with van der Waals surface area (Å²) in [6, 6.07) is -1.25. The second-order valence-electron chi connectivity index (χ2n) is 4.78. The van der Waals surface area contributed by atoms with E-state index in [1.54, 1.807) is 6.20 Å². The number of urea groups is 1. The molecule has 1 fully saturated rings. The molecule has 0 spiro atoms. The molecule has 0 aromatic carbocycles. The van der Waals surface area contributed by atoms with Crippen LogP contribution in [0.3, 0.4) is 0 Å². The molecular formula is C12H18N4O4. The first kappa shape index (κ1) is 14.3. The van der Waals surface area contributed by atoms with E-state index in [9.17, 15) is 9.59 Å². The molecule has 2 amide bonds. The Kier molecular flexibility index (Phi) is 4.23. The monoisotopic (exact) mass is 282 g/mol. The number of hydrogen-bond donors (Lipinski definition) is 3. The molecule has 1 aliphatic heterocycles. The van der Waals surface area contributed by atoms with E-state index in [0.717, 1.165) is 11.3 Å². The van der Waals surface area contributed by atoms with Gasteiger partial charge < -0.3 is 20.1 Å². The Labute approximate surface area is 116 Å². The Morgan fingerprint density at radius 2 is 2.40 bits per heavy atom. The van der Waals surface area contributed by atoms with Crippen molar-refractivity contribution in [2.75, 3.05) is 13.7 Å². The maximum Gasteiger partial charge on any atom is 0.326 e. The summed E-state index contributed by atoms with van der Waals surface area (Å²) in [5.74, 6) is -1.01. The smallest absolute Gasteiger partial charge is 0.326 e. The van der Waals surface area contributed by atoms with Crippen LogP contribution in [0.2, 0.25) is 0 Å². The van der Waals surface area contributed by atoms with E-state index in [1.165, 1.54) is 12.0 Å². The average Bonchev–Trinajstić information content (AvgIpc) is 3.02. The van der Waals surface area contributed by atoms with Crippen molar-refractivity contribution in [1.82, 2.24) is 20.4 Å². The van der Waals surface area contributed by atoms with Crippen LogP contribution >= 0.6 is 0 Å². The van der Waals surface area contributed by atoms with Crippen LogP contribution in [0.5, 0.6) is 0 Å². The molecule has 1 aliphatic rings. The number of likely N-dealkylation sites (tertiary alicyclic amines) is 1. The number of amides is 2. The van der Waals surface area contributed by atoms with E-state index in [-0.39, 0.29) is 12.6 Å². The van der Waals surface area contributed by atoms with Gasteiger partial charge in [0.25, 0.3) is 0 Å². The summed E-state index contributed by atoms with van der Waals surface area (Å²) >= 11 is 0. The fourth-order valence-electron chi connectivity index (χ4n) is 2.25. The lowest BCUT2D eigenvalue weighted by atomic mass is 10.2. The van der Waals surface area contributed by atoms with Gasteiger partial charge in [-0.05, 0) is 6.92 Å². The molecule has 8 nitrogen and oxygen atoms in total. The molecule has 110 valence electrons. The Bertz CT molecular complexity index is 501. The normalized spacial score (nSPS) is 22.0. The van der Waals surface area contributed by atoms with Crippen LogP contribution in [0.4, 0.5) is 4.79 Å². The predicted molar refractivity (Wildman–Crippen MR) is 69.1 cm³/mol. The van der Waals surface area contributed by atoms with Gasteiger partial charge in [0.1, 0.15) is 6.04 Å². The van der Waals surface area contributed by atoms with Crippen molar-refractivity contribution in [3.8, 4) is 0 Å². The number of nitrogens with one attached hydrogen (secondary N) is 2. The van der Waals surface area contributed by atoms with Crippen molar-refractivity contribution in [3.05, 3.63) is 17.5 Å². The molecule has 3 N–H and O–H groups in total. The molecule has 0 saturated carbocycles. The molecule has 2 heterocycles. The van der Waals surface area contributed by atoms with Gasteiger partial charge in [-0.3, -0.25) is 5.10 Å². The lowest BCUT2D eigenvalue weighted by Gasteiger charge is -2.21. The highest BCUT2D eigenvalue weighted by atomic mass is 16.5. The van der Waals surface area contributed by atoms with Gasteiger partial charge in [0, 0.05) is 37.9 Å². The standard InChI is InChI=1S/C12H18N4O4/c1-7-8(5-14-15-7)4-13-12(19)16-6-9(20-2)3-10(16)11(17)18/h5,9-10H,3-4,6H2,1-2H3,(H,13,19)(H,14,15)(H,17,18). The third-order valence-corrected chi connectivity index (χ3v) is 3.51. The molecule has 0 aliphatic carbocycles. The van der Waals surface area contributed by atoms with Crippen LogP contribution in [0.1, 0.15) is 17.7 Å². The number of rotatable bonds is 4. The van der Waals surface area contributed by atoms with E-state index >= 15 is 0 Å². The maximum absolute atomic E-state index is 12.1. The zero-order chi connectivity index (χ0) is 14.7. The number of aromatic nitrogens is 2. The summed E-state index contributed by atoms with van der Waals surface area (Å²) in [6.45, 7) is 2.44. The van der Waals surface area contributed by atoms with Crippen molar-refractivity contribution in [1.29, 1.82) is 0 Å². The van der Waals surface area contributed by atoms with Gasteiger partial charge >= 0.3 is 12.0 Å². The number of aryl methyl sites for hydroxylation is 1. The molecule has 20 heavy (non-hydrogen) atoms. The van der Waals surface area contributed by atoms with Crippen LogP contribution in [0, 0.1) is 6.92 Å². The zero-order valence-electron chi connectivity index (χ0n) is 11.4. The molecular weight excluding hydrogens is 264 g/mol. The first-order valence-corrected chi connectivity index (χ1v) is 6.31. The zero-order valence-corrected chi connectivity index (χ0v) is 11.4. The molecule has 8 heteroatoms. The summed E-state index contributed by atoms with van der Waals surface area (Å²) in [7, 11) is 1.51. The lowest BCUT2D eigenvalue weighted by molar-refractivity contribution is -0.141. The van der Waals surface area contributed by atoms with Gasteiger partial charge in [0.05, 0.1) is 12.3 Å². The number of carbonyl (C=O) groups is 2. The van der Waals surface area contributed by atoms with E-state index in [0.29, 0.717) is 13.0 Å². The maximum atomic E-state index is 12.1. The number of carbonyl (C=O) groups excluding carboxylic acids is 1. The summed E-state index contributed by atoms with van der Waals surface area (Å²) in [6.07, 6.45) is 1.70. The van der Waals surface area contributed by atoms with Crippen molar-refractivity contribution >= 4 is 12.0 Å². The number of carboxylic acids is 1. The number of hydrogen-bond acceptors (Lipinski definition) is 4. The van der Waals surface area contributed by atoms with E-state index in [4.69, 9.17) is 9.84 Å². The molecule has 1 aromatic rings. The Balaban J connectivity index is 1.97. The second kappa shape index (κ2) is 5.91. The highest BCUT2D eigenvalue weighted by Crippen LogP contribution is 2.20. The fraction of sp³-hybridized carbons (Fsp3) is 0.583. The molecule has 1 saturated heterocycles. The predicted octanol–water partition coefficient (Wildman–Crippen LogP) is 0.102. The van der Waals surface area contributed by atoms with Crippen molar-refractivity contribution in [3.63, 3.8) is 0 Å². The molecule has 1 aromatic heterocycles. The second-order valence-corrected chi connectivity index (χ2v) is 4.78. The highest BCUT2D eigenvalue weighted by Gasteiger charge is 2.39. The van der Waals surface area contributed by atoms with Gasteiger partial charge in [-0.25, -0.2) is 9.59 Å². The average molecular weight is 282 g/mol. The van der Waals surface area contributed by atoms with E-state index in [1.807, 2.05) is 6.92 Å². The Hall–Kier alpha value is -2.09. The van der Waals surface area contributed by atoms with Crippen molar-refractivity contribution in [2.45, 2.75) is 32.0 Å². The summed E-state index contributed by atoms with van der Waals surface area (Å²) in [4.78, 5) is 24.6. The van der Waals surface area contributed by atoms with Crippen LogP contribution in [0.25, 0.3) is 0 Å². The number of aromatic amines is 1. The molecule has 0 bridgehead atoms. The number of methoxy groups -OCH3 is 1. The van der Waals surface area contributed by atoms with Crippen molar-refractivity contribution < 1.29 is 19.4 Å². The molecule has 2 atom stereocenters. The van der Waals surface area contributed by atoms with E-state index in [2.05, 4.69) is 15.5 Å². The quantitative estimate of drug-likeness (QED) is 0.726. The summed E-state index contributed by atoms with van der Waals surface area (Å²) in [5.41, 5.74) is 1.74. The van der Waals surface area contributed by atoms with Crippen LogP contribution in [-0.4, -0.2) is 58.0 Å². The molecule has 2 rings (SSSR count). The van der Waals surface area contributed by atoms with Crippen LogP contribution in [0.15, 0.2) is 6.20 Å². The number of H-pyrrole nitrogens is 1. The lowest BCUT2D eigenvalue weighted by Crippen LogP contribution is -2.46. The van der Waals surface area contributed by atoms with Crippen LogP contribution in [-0.2, 0) is 16.1 Å². The third kappa shape index (κ3) is 2.90. The van der Waals surface area contributed by atoms with Gasteiger partial charge in [0.2, 0.25) is 0 Å². The number of ether oxygens (including phenoxy) is 1. The number of aliphatic carboxylic acids is 1. The Morgan fingerprint density at radius 3 is 2.95 bits per heavy atom. The minimum atomic E-state index is -1.01. The topological polar surface area (TPSA) is 108 Å². The first-order chi connectivity index (χ1) is 9.52. The van der Waals surface area contributed by atoms with Crippen LogP contribution < -0.4 is 5.32 Å². The Morgan fingerprint density at radius 1 is 1.65 bits per heavy atom. The number of nitrogens with zero attached hydrogens (tertiary/aromatic N) is 2. The fourth-order valence-corrected chi connectivity index (χ4v) is 2.25. The summed E-state index contributed by atoms with van der Waals surface area (Å²) < 4.78 is 5.14. The SMILES string of the molecule is COC1CC(C(=O)O)N(C(=O)NCc2cn[nH]c2C)C1. The van der Waals surface area contributed by atoms with Gasteiger partial charge in [-0.2, -0.15) is 5.10 Å². The van der Waals surface area contributed by atoms with Gasteiger partial charge in [-0.15, -0.1) is 0 Å². The first-order valence-electron chi connectivity index (χ1n) is 6.31. The minimum Gasteiger partial charge on any atom is -0.480 e. The highest BCUT2D eigenvalue weighted by molar-refractivity contribution is 5.83. The third-order valence-electron chi connectivity index (χ3n) is 3.51. The summed E-state index contributed by atoms with van der Waals surface area (Å²) in [5, 5.41) is 18.5. The van der Waals surface area contributed by atoms with Crippen molar-refractivity contribution in [2.24, 2.45) is 0 Å². The van der Waals surface area contributed by atoms with Gasteiger partial charge in [0.15, 0.2) is 0 Å². The largest absolute Gasteiger partial charge is 0.480 e.